The molecule has 0 unspecified atom stereocenters. The third-order valence-electron chi connectivity index (χ3n) is 3.22. The maximum atomic E-state index is 10.6. The first-order valence-corrected chi connectivity index (χ1v) is 7.71. The van der Waals surface area contributed by atoms with Gasteiger partial charge in [-0.1, -0.05) is 36.0 Å². The van der Waals surface area contributed by atoms with Crippen molar-refractivity contribution in [1.29, 1.82) is 0 Å². The molecule has 6 heteroatoms. The summed E-state index contributed by atoms with van der Waals surface area (Å²) < 4.78 is 0. The number of fused-ring (bicyclic) bond motifs is 1. The number of nitro groups is 1. The van der Waals surface area contributed by atoms with Crippen LogP contribution in [0.1, 0.15) is 11.3 Å². The minimum atomic E-state index is -0.393. The van der Waals surface area contributed by atoms with Gasteiger partial charge in [-0.05, 0) is 24.6 Å². The van der Waals surface area contributed by atoms with Crippen LogP contribution in [0.5, 0.6) is 0 Å². The second-order valence-electron chi connectivity index (χ2n) is 4.82. The number of aryl methyl sites for hydroxylation is 1. The topological polar surface area (TPSA) is 68.9 Å². The minimum Gasteiger partial charge on any atom is -0.258 e. The Hall–Kier alpha value is -2.47. The largest absolute Gasteiger partial charge is 0.269 e. The number of hydrogen-bond acceptors (Lipinski definition) is 5. The highest BCUT2D eigenvalue weighted by atomic mass is 32.2. The van der Waals surface area contributed by atoms with Gasteiger partial charge in [0.05, 0.1) is 21.7 Å². The lowest BCUT2D eigenvalue weighted by atomic mass is 10.2. The van der Waals surface area contributed by atoms with Crippen LogP contribution in [0.2, 0.25) is 0 Å². The summed E-state index contributed by atoms with van der Waals surface area (Å²) in [6.07, 6.45) is 0. The standard InChI is InChI=1S/C16H13N3O2S/c1-11-16(18-15-5-3-2-4-14(15)17-11)22-10-12-6-8-13(9-7-12)19(20)21/h2-9H,10H2,1H3. The zero-order chi connectivity index (χ0) is 15.5. The molecule has 3 rings (SSSR count). The van der Waals surface area contributed by atoms with Crippen molar-refractivity contribution in [2.45, 2.75) is 17.7 Å². The summed E-state index contributed by atoms with van der Waals surface area (Å²) in [6, 6.07) is 14.4. The van der Waals surface area contributed by atoms with Crippen molar-refractivity contribution in [3.8, 4) is 0 Å². The monoisotopic (exact) mass is 311 g/mol. The van der Waals surface area contributed by atoms with Gasteiger partial charge in [0.2, 0.25) is 0 Å². The van der Waals surface area contributed by atoms with Gasteiger partial charge in [0.15, 0.2) is 0 Å². The lowest BCUT2D eigenvalue weighted by molar-refractivity contribution is -0.384. The van der Waals surface area contributed by atoms with Crippen LogP contribution in [0.15, 0.2) is 53.6 Å². The number of benzene rings is 2. The van der Waals surface area contributed by atoms with E-state index in [0.717, 1.165) is 27.3 Å². The van der Waals surface area contributed by atoms with Gasteiger partial charge in [-0.2, -0.15) is 0 Å². The summed E-state index contributed by atoms with van der Waals surface area (Å²) in [6.45, 7) is 1.94. The van der Waals surface area contributed by atoms with Crippen molar-refractivity contribution in [2.24, 2.45) is 0 Å². The second-order valence-corrected chi connectivity index (χ2v) is 5.78. The van der Waals surface area contributed by atoms with Gasteiger partial charge in [0.1, 0.15) is 5.03 Å². The normalized spacial score (nSPS) is 10.8. The Labute approximate surface area is 131 Å². The third kappa shape index (κ3) is 3.07. The highest BCUT2D eigenvalue weighted by molar-refractivity contribution is 7.98. The highest BCUT2D eigenvalue weighted by Crippen LogP contribution is 2.26. The molecule has 5 nitrogen and oxygen atoms in total. The lowest BCUT2D eigenvalue weighted by Crippen LogP contribution is -1.93. The summed E-state index contributed by atoms with van der Waals surface area (Å²) in [5.41, 5.74) is 3.78. The van der Waals surface area contributed by atoms with Gasteiger partial charge in [0, 0.05) is 17.9 Å². The summed E-state index contributed by atoms with van der Waals surface area (Å²) in [5.74, 6) is 0.700. The molecule has 0 saturated carbocycles. The molecular weight excluding hydrogens is 298 g/mol. The Kier molecular flexibility index (Phi) is 4.02. The van der Waals surface area contributed by atoms with Crippen LogP contribution in [0.3, 0.4) is 0 Å². The average Bonchev–Trinajstić information content (AvgIpc) is 2.53. The molecule has 0 bridgehead atoms. The number of aromatic nitrogens is 2. The van der Waals surface area contributed by atoms with E-state index >= 15 is 0 Å². The van der Waals surface area contributed by atoms with E-state index in [0.29, 0.717) is 5.75 Å². The van der Waals surface area contributed by atoms with Crippen molar-refractivity contribution in [2.75, 3.05) is 0 Å². The Balaban J connectivity index is 1.78. The zero-order valence-electron chi connectivity index (χ0n) is 11.9. The van der Waals surface area contributed by atoms with Gasteiger partial charge in [-0.3, -0.25) is 10.1 Å². The maximum Gasteiger partial charge on any atom is 0.269 e. The Morgan fingerprint density at radius 2 is 1.68 bits per heavy atom. The number of nitro benzene ring substituents is 1. The first-order valence-electron chi connectivity index (χ1n) is 6.73. The Bertz CT molecular complexity index is 834. The third-order valence-corrected chi connectivity index (χ3v) is 4.36. The van der Waals surface area contributed by atoms with E-state index in [2.05, 4.69) is 9.97 Å². The van der Waals surface area contributed by atoms with Gasteiger partial charge >= 0.3 is 0 Å². The van der Waals surface area contributed by atoms with Gasteiger partial charge in [-0.25, -0.2) is 9.97 Å². The average molecular weight is 311 g/mol. The summed E-state index contributed by atoms with van der Waals surface area (Å²) in [4.78, 5) is 19.4. The van der Waals surface area contributed by atoms with Crippen LogP contribution in [-0.4, -0.2) is 14.9 Å². The molecule has 0 aliphatic rings. The fourth-order valence-electron chi connectivity index (χ4n) is 2.07. The van der Waals surface area contributed by atoms with E-state index in [9.17, 15) is 10.1 Å². The smallest absolute Gasteiger partial charge is 0.258 e. The minimum absolute atomic E-state index is 0.107. The van der Waals surface area contributed by atoms with Crippen LogP contribution in [-0.2, 0) is 5.75 Å². The maximum absolute atomic E-state index is 10.6. The molecule has 2 aromatic carbocycles. The fraction of sp³-hybridized carbons (Fsp3) is 0.125. The van der Waals surface area contributed by atoms with E-state index in [1.54, 1.807) is 23.9 Å². The van der Waals surface area contributed by atoms with E-state index in [1.165, 1.54) is 12.1 Å². The number of rotatable bonds is 4. The molecule has 0 spiro atoms. The fourth-order valence-corrected chi connectivity index (χ4v) is 2.99. The second kappa shape index (κ2) is 6.11. The number of nitrogens with zero attached hydrogens (tertiary/aromatic N) is 3. The molecule has 0 saturated heterocycles. The number of non-ortho nitro benzene ring substituents is 1. The molecule has 22 heavy (non-hydrogen) atoms. The molecule has 0 fully saturated rings. The molecule has 1 heterocycles. The van der Waals surface area contributed by atoms with Crippen molar-refractivity contribution in [1.82, 2.24) is 9.97 Å². The molecule has 0 amide bonds. The summed E-state index contributed by atoms with van der Waals surface area (Å²) in [5, 5.41) is 11.5. The van der Waals surface area contributed by atoms with Crippen LogP contribution in [0.4, 0.5) is 5.69 Å². The van der Waals surface area contributed by atoms with Crippen molar-refractivity contribution < 1.29 is 4.92 Å². The van der Waals surface area contributed by atoms with Crippen LogP contribution >= 0.6 is 11.8 Å². The summed E-state index contributed by atoms with van der Waals surface area (Å²) in [7, 11) is 0. The number of thioether (sulfide) groups is 1. The van der Waals surface area contributed by atoms with Crippen LogP contribution < -0.4 is 0 Å². The molecule has 0 N–H and O–H groups in total. The number of hydrogen-bond donors (Lipinski definition) is 0. The molecular formula is C16H13N3O2S. The van der Waals surface area contributed by atoms with E-state index in [4.69, 9.17) is 0 Å². The first-order chi connectivity index (χ1) is 10.6. The zero-order valence-corrected chi connectivity index (χ0v) is 12.7. The lowest BCUT2D eigenvalue weighted by Gasteiger charge is -2.06. The van der Waals surface area contributed by atoms with Gasteiger partial charge in [0.25, 0.3) is 5.69 Å². The molecule has 110 valence electrons. The Morgan fingerprint density at radius 3 is 2.32 bits per heavy atom. The molecule has 0 radical (unpaired) electrons. The van der Waals surface area contributed by atoms with Gasteiger partial charge < -0.3 is 0 Å². The highest BCUT2D eigenvalue weighted by Gasteiger charge is 2.08. The predicted molar refractivity (Wildman–Crippen MR) is 86.9 cm³/mol. The quantitative estimate of drug-likeness (QED) is 0.411. The molecule has 1 aromatic heterocycles. The molecule has 3 aromatic rings. The van der Waals surface area contributed by atoms with Crippen molar-refractivity contribution >= 4 is 28.5 Å². The SMILES string of the molecule is Cc1nc2ccccc2nc1SCc1ccc([N+](=O)[O-])cc1. The van der Waals surface area contributed by atoms with E-state index in [-0.39, 0.29) is 5.69 Å². The van der Waals surface area contributed by atoms with Crippen LogP contribution in [0.25, 0.3) is 11.0 Å². The molecule has 0 atom stereocenters. The molecule has 0 aliphatic heterocycles. The van der Waals surface area contributed by atoms with Crippen LogP contribution in [0, 0.1) is 17.0 Å². The van der Waals surface area contributed by atoms with Gasteiger partial charge in [-0.15, -0.1) is 0 Å². The summed E-state index contributed by atoms with van der Waals surface area (Å²) >= 11 is 1.59. The molecule has 0 aliphatic carbocycles. The van der Waals surface area contributed by atoms with Crippen molar-refractivity contribution in [3.05, 3.63) is 69.9 Å². The Morgan fingerprint density at radius 1 is 1.05 bits per heavy atom. The first kappa shape index (κ1) is 14.5. The predicted octanol–water partition coefficient (Wildman–Crippen LogP) is 4.14. The van der Waals surface area contributed by atoms with E-state index < -0.39 is 4.92 Å². The number of para-hydroxylation sites is 2. The van der Waals surface area contributed by atoms with Crippen molar-refractivity contribution in [3.63, 3.8) is 0 Å². The van der Waals surface area contributed by atoms with E-state index in [1.807, 2.05) is 31.2 Å².